The first kappa shape index (κ1) is 8.69. The minimum Gasteiger partial charge on any atom is -0.505 e. The lowest BCUT2D eigenvalue weighted by Crippen LogP contribution is -1.93. The smallest absolute Gasteiger partial charge is 0.148 e. The fourth-order valence-corrected chi connectivity index (χ4v) is 1.55. The molecule has 0 saturated heterocycles. The van der Waals surface area contributed by atoms with Crippen LogP contribution in [-0.4, -0.2) is 5.11 Å². The van der Waals surface area contributed by atoms with Gasteiger partial charge in [-0.25, -0.2) is 0 Å². The van der Waals surface area contributed by atoms with Crippen LogP contribution in [0.5, 0.6) is 5.75 Å². The van der Waals surface area contributed by atoms with Crippen molar-refractivity contribution in [2.24, 2.45) is 0 Å². The predicted octanol–water partition coefficient (Wildman–Crippen LogP) is 2.02. The summed E-state index contributed by atoms with van der Waals surface area (Å²) >= 11 is 0. The highest BCUT2D eigenvalue weighted by Crippen LogP contribution is 2.35. The zero-order chi connectivity index (χ0) is 10.3. The molecule has 3 nitrogen and oxygen atoms in total. The normalized spacial score (nSPS) is 10.6. The molecule has 0 heterocycles. The van der Waals surface area contributed by atoms with E-state index >= 15 is 0 Å². The van der Waals surface area contributed by atoms with Gasteiger partial charge in [-0.1, -0.05) is 18.2 Å². The van der Waals surface area contributed by atoms with Gasteiger partial charge >= 0.3 is 0 Å². The van der Waals surface area contributed by atoms with Crippen molar-refractivity contribution < 1.29 is 5.11 Å². The molecule has 0 atom stereocenters. The number of phenols is 1. The van der Waals surface area contributed by atoms with Gasteiger partial charge in [0.2, 0.25) is 0 Å². The van der Waals surface area contributed by atoms with Crippen molar-refractivity contribution in [2.75, 3.05) is 11.5 Å². The minimum absolute atomic E-state index is 0.0729. The fraction of sp³-hybridized carbons (Fsp3) is 0.0909. The van der Waals surface area contributed by atoms with Crippen molar-refractivity contribution in [3.05, 3.63) is 29.8 Å². The molecule has 14 heavy (non-hydrogen) atoms. The molecule has 5 N–H and O–H groups in total. The van der Waals surface area contributed by atoms with Gasteiger partial charge in [-0.15, -0.1) is 0 Å². The minimum atomic E-state index is 0.0729. The van der Waals surface area contributed by atoms with Gasteiger partial charge in [-0.3, -0.25) is 0 Å². The van der Waals surface area contributed by atoms with E-state index in [1.165, 1.54) is 0 Å². The van der Waals surface area contributed by atoms with Crippen LogP contribution >= 0.6 is 0 Å². The number of aryl methyl sites for hydroxylation is 1. The topological polar surface area (TPSA) is 72.3 Å². The maximum Gasteiger partial charge on any atom is 0.148 e. The summed E-state index contributed by atoms with van der Waals surface area (Å²) in [7, 11) is 0. The summed E-state index contributed by atoms with van der Waals surface area (Å²) in [6, 6.07) is 7.36. The second-order valence-corrected chi connectivity index (χ2v) is 3.40. The Kier molecular flexibility index (Phi) is 1.74. The number of phenolic OH excluding ortho intramolecular Hbond substituents is 1. The largest absolute Gasteiger partial charge is 0.505 e. The number of fused-ring (bicyclic) bond motifs is 1. The van der Waals surface area contributed by atoms with Crippen LogP contribution in [0.4, 0.5) is 11.4 Å². The molecule has 0 radical (unpaired) electrons. The molecule has 0 amide bonds. The van der Waals surface area contributed by atoms with E-state index in [9.17, 15) is 5.11 Å². The van der Waals surface area contributed by atoms with Crippen LogP contribution in [0, 0.1) is 6.92 Å². The molecule has 0 aliphatic rings. The number of rotatable bonds is 0. The predicted molar refractivity (Wildman–Crippen MR) is 59.2 cm³/mol. The number of aromatic hydroxyl groups is 1. The summed E-state index contributed by atoms with van der Waals surface area (Å²) in [6.45, 7) is 1.90. The highest BCUT2D eigenvalue weighted by molar-refractivity contribution is 6.01. The molecule has 72 valence electrons. The third kappa shape index (κ3) is 1.06. The maximum absolute atomic E-state index is 9.76. The first-order chi connectivity index (χ1) is 6.61. The molecule has 0 saturated carbocycles. The molecule has 0 bridgehead atoms. The number of hydrogen-bond acceptors (Lipinski definition) is 3. The summed E-state index contributed by atoms with van der Waals surface area (Å²) in [5.74, 6) is 0.0729. The number of anilines is 2. The number of nitrogens with two attached hydrogens (primary N) is 2. The van der Waals surface area contributed by atoms with Crippen molar-refractivity contribution in [3.63, 3.8) is 0 Å². The maximum atomic E-state index is 9.76. The second kappa shape index (κ2) is 2.80. The van der Waals surface area contributed by atoms with Gasteiger partial charge in [0.15, 0.2) is 0 Å². The second-order valence-electron chi connectivity index (χ2n) is 3.40. The SMILES string of the molecule is Cc1ccc2ccc(N)c(O)c2c1N. The first-order valence-electron chi connectivity index (χ1n) is 4.37. The van der Waals surface area contributed by atoms with Gasteiger partial charge in [0.25, 0.3) is 0 Å². The van der Waals surface area contributed by atoms with E-state index in [2.05, 4.69) is 0 Å². The van der Waals surface area contributed by atoms with Crippen molar-refractivity contribution in [1.82, 2.24) is 0 Å². The molecule has 2 rings (SSSR count). The van der Waals surface area contributed by atoms with Crippen LogP contribution in [0.1, 0.15) is 5.56 Å². The Morgan fingerprint density at radius 2 is 1.71 bits per heavy atom. The highest BCUT2D eigenvalue weighted by atomic mass is 16.3. The van der Waals surface area contributed by atoms with Crippen molar-refractivity contribution >= 4 is 22.1 Å². The standard InChI is InChI=1S/C11H12N2O/c1-6-2-3-7-4-5-8(12)11(14)9(7)10(6)13/h2-5,14H,12-13H2,1H3. The molecule has 2 aromatic rings. The molecule has 0 fully saturated rings. The van der Waals surface area contributed by atoms with E-state index in [4.69, 9.17) is 11.5 Å². The Morgan fingerprint density at radius 3 is 2.43 bits per heavy atom. The summed E-state index contributed by atoms with van der Waals surface area (Å²) in [6.07, 6.45) is 0. The van der Waals surface area contributed by atoms with E-state index in [-0.39, 0.29) is 5.75 Å². The van der Waals surface area contributed by atoms with E-state index < -0.39 is 0 Å². The summed E-state index contributed by atoms with van der Waals surface area (Å²) < 4.78 is 0. The molecule has 0 unspecified atom stereocenters. The molecule has 0 spiro atoms. The van der Waals surface area contributed by atoms with Crippen molar-refractivity contribution in [1.29, 1.82) is 0 Å². The zero-order valence-electron chi connectivity index (χ0n) is 7.91. The van der Waals surface area contributed by atoms with E-state index in [0.29, 0.717) is 16.8 Å². The molecule has 3 heteroatoms. The average Bonchev–Trinajstić information content (AvgIpc) is 2.17. The van der Waals surface area contributed by atoms with E-state index in [0.717, 1.165) is 10.9 Å². The van der Waals surface area contributed by atoms with Gasteiger partial charge in [-0.2, -0.15) is 0 Å². The monoisotopic (exact) mass is 188 g/mol. The summed E-state index contributed by atoms with van der Waals surface area (Å²) in [4.78, 5) is 0. The Balaban J connectivity index is 2.98. The lowest BCUT2D eigenvalue weighted by atomic mass is 10.0. The summed E-state index contributed by atoms with van der Waals surface area (Å²) in [5, 5.41) is 11.3. The lowest BCUT2D eigenvalue weighted by Gasteiger charge is -2.08. The molecule has 2 aromatic carbocycles. The van der Waals surface area contributed by atoms with Crippen LogP contribution in [0.2, 0.25) is 0 Å². The van der Waals surface area contributed by atoms with Crippen LogP contribution in [0.25, 0.3) is 10.8 Å². The molecule has 0 aromatic heterocycles. The van der Waals surface area contributed by atoms with Crippen LogP contribution in [-0.2, 0) is 0 Å². The Bertz CT molecular complexity index is 463. The Morgan fingerprint density at radius 1 is 1.07 bits per heavy atom. The Labute approximate surface area is 82.0 Å². The molecule has 0 aliphatic heterocycles. The Hall–Kier alpha value is -1.90. The third-order valence-corrected chi connectivity index (χ3v) is 2.45. The van der Waals surface area contributed by atoms with Gasteiger partial charge in [0, 0.05) is 11.1 Å². The van der Waals surface area contributed by atoms with Crippen LogP contribution in [0.3, 0.4) is 0 Å². The van der Waals surface area contributed by atoms with E-state index in [1.807, 2.05) is 25.1 Å². The first-order valence-corrected chi connectivity index (χ1v) is 4.37. The van der Waals surface area contributed by atoms with Gasteiger partial charge in [0.1, 0.15) is 5.75 Å². The van der Waals surface area contributed by atoms with Gasteiger partial charge in [-0.05, 0) is 23.9 Å². The third-order valence-electron chi connectivity index (χ3n) is 2.45. The van der Waals surface area contributed by atoms with Crippen LogP contribution in [0.15, 0.2) is 24.3 Å². The number of nitrogen functional groups attached to an aromatic ring is 2. The van der Waals surface area contributed by atoms with Crippen molar-refractivity contribution in [2.45, 2.75) is 6.92 Å². The molecule has 0 aliphatic carbocycles. The van der Waals surface area contributed by atoms with Crippen LogP contribution < -0.4 is 11.5 Å². The molecular weight excluding hydrogens is 176 g/mol. The quantitative estimate of drug-likeness (QED) is 0.437. The molecular formula is C11H12N2O. The van der Waals surface area contributed by atoms with Gasteiger partial charge in [0.05, 0.1) is 5.69 Å². The van der Waals surface area contributed by atoms with E-state index in [1.54, 1.807) is 6.07 Å². The lowest BCUT2D eigenvalue weighted by molar-refractivity contribution is 0.484. The zero-order valence-corrected chi connectivity index (χ0v) is 7.91. The average molecular weight is 188 g/mol. The summed E-state index contributed by atoms with van der Waals surface area (Å²) in [5.41, 5.74) is 13.4. The number of benzene rings is 2. The fourth-order valence-electron chi connectivity index (χ4n) is 1.55. The van der Waals surface area contributed by atoms with Gasteiger partial charge < -0.3 is 16.6 Å². The number of hydrogen-bond donors (Lipinski definition) is 3. The van der Waals surface area contributed by atoms with Crippen molar-refractivity contribution in [3.8, 4) is 5.75 Å². The highest BCUT2D eigenvalue weighted by Gasteiger charge is 2.08.